The van der Waals surface area contributed by atoms with Crippen LogP contribution in [0.4, 0.5) is 13.2 Å². The van der Waals surface area contributed by atoms with Gasteiger partial charge in [0.15, 0.2) is 9.84 Å². The van der Waals surface area contributed by atoms with Gasteiger partial charge in [0.05, 0.1) is 60.9 Å². The first-order valence-electron chi connectivity index (χ1n) is 15.6. The third-order valence-electron chi connectivity index (χ3n) is 9.28. The third-order valence-corrected chi connectivity index (χ3v) is 11.0. The van der Waals surface area contributed by atoms with Gasteiger partial charge in [0, 0.05) is 48.5 Å². The molecule has 3 aromatic rings. The van der Waals surface area contributed by atoms with Crippen LogP contribution in [0.2, 0.25) is 0 Å². The monoisotopic (exact) mass is 648 g/mol. The lowest BCUT2D eigenvalue weighted by atomic mass is 9.90. The van der Waals surface area contributed by atoms with Crippen molar-refractivity contribution in [3.8, 4) is 17.0 Å². The van der Waals surface area contributed by atoms with Crippen LogP contribution in [0, 0.1) is 0 Å². The van der Waals surface area contributed by atoms with Gasteiger partial charge < -0.3 is 19.3 Å². The summed E-state index contributed by atoms with van der Waals surface area (Å²) in [5.74, 6) is -0.813. The zero-order valence-electron chi connectivity index (χ0n) is 26.0. The van der Waals surface area contributed by atoms with Crippen LogP contribution in [-0.4, -0.2) is 75.5 Å². The molecule has 2 aliphatic heterocycles. The summed E-state index contributed by atoms with van der Waals surface area (Å²) < 4.78 is 80.0. The number of ether oxygens (including phenoxy) is 2. The number of hydrogen-bond donors (Lipinski definition) is 1. The Balaban J connectivity index is 1.87. The number of rotatable bonds is 9. The molecule has 2 aromatic carbocycles. The van der Waals surface area contributed by atoms with E-state index in [0.29, 0.717) is 22.6 Å². The second kappa shape index (κ2) is 13.3. The zero-order valence-corrected chi connectivity index (χ0v) is 26.8. The molecule has 0 atom stereocenters. The Hall–Kier alpha value is -3.22. The van der Waals surface area contributed by atoms with E-state index in [1.54, 1.807) is 13.0 Å². The van der Waals surface area contributed by atoms with Crippen molar-refractivity contribution in [2.75, 3.05) is 45.6 Å². The maximum Gasteiger partial charge on any atom is 0.416 e. The van der Waals surface area contributed by atoms with Crippen molar-refractivity contribution in [2.45, 2.75) is 69.6 Å². The molecule has 0 amide bonds. The predicted octanol–water partition coefficient (Wildman–Crippen LogP) is 6.15. The number of hydrogen-bond acceptors (Lipinski definition) is 7. The van der Waals surface area contributed by atoms with Crippen molar-refractivity contribution in [3.05, 3.63) is 53.1 Å². The second-order valence-corrected chi connectivity index (χ2v) is 14.1. The summed E-state index contributed by atoms with van der Waals surface area (Å²) in [4.78, 5) is 18.6. The van der Waals surface area contributed by atoms with E-state index in [1.807, 2.05) is 0 Å². The fourth-order valence-corrected chi connectivity index (χ4v) is 8.04. The molecule has 45 heavy (non-hydrogen) atoms. The van der Waals surface area contributed by atoms with Crippen LogP contribution in [0.3, 0.4) is 0 Å². The van der Waals surface area contributed by atoms with Gasteiger partial charge in [-0.25, -0.2) is 18.2 Å². The quantitative estimate of drug-likeness (QED) is 0.220. The molecule has 0 aliphatic carbocycles. The Morgan fingerprint density at radius 2 is 1.78 bits per heavy atom. The van der Waals surface area contributed by atoms with E-state index in [1.165, 1.54) is 32.2 Å². The highest BCUT2D eigenvalue weighted by Crippen LogP contribution is 2.41. The molecule has 1 aromatic heterocycles. The van der Waals surface area contributed by atoms with Gasteiger partial charge >= 0.3 is 12.1 Å². The van der Waals surface area contributed by atoms with Gasteiger partial charge in [0.2, 0.25) is 0 Å². The molecule has 1 N–H and O–H groups in total. The minimum atomic E-state index is -4.58. The number of nitrogens with one attached hydrogen (secondary N) is 1. The van der Waals surface area contributed by atoms with Crippen LogP contribution in [0.1, 0.15) is 67.4 Å². The number of likely N-dealkylation sites (tertiary alicyclic amines) is 1. The number of quaternary nitrogens is 1. The van der Waals surface area contributed by atoms with E-state index in [4.69, 9.17) is 14.5 Å². The molecule has 0 bridgehead atoms. The topological polar surface area (TPSA) is 94.6 Å². The van der Waals surface area contributed by atoms with Gasteiger partial charge in [0.25, 0.3) is 0 Å². The molecule has 0 spiro atoms. The number of sulfone groups is 1. The average Bonchev–Trinajstić information content (AvgIpc) is 3.04. The van der Waals surface area contributed by atoms with E-state index in [-0.39, 0.29) is 50.7 Å². The van der Waals surface area contributed by atoms with Crippen LogP contribution in [0.5, 0.6) is 5.75 Å². The summed E-state index contributed by atoms with van der Waals surface area (Å²) in [5.41, 5.74) is 0.472. The highest BCUT2D eigenvalue weighted by Gasteiger charge is 2.41. The molecule has 3 heterocycles. The number of halogens is 3. The van der Waals surface area contributed by atoms with Crippen molar-refractivity contribution >= 4 is 26.7 Å². The van der Waals surface area contributed by atoms with Crippen molar-refractivity contribution in [1.82, 2.24) is 10.3 Å². The summed E-state index contributed by atoms with van der Waals surface area (Å²) in [5, 5.41) is 3.69. The van der Waals surface area contributed by atoms with Crippen molar-refractivity contribution < 1.29 is 40.3 Å². The smallest absolute Gasteiger partial charge is 0.416 e. The predicted molar refractivity (Wildman–Crippen MR) is 166 cm³/mol. The first-order valence-corrected chi connectivity index (χ1v) is 17.3. The first kappa shape index (κ1) is 33.2. The molecule has 2 aliphatic rings. The van der Waals surface area contributed by atoms with Crippen molar-refractivity contribution in [1.29, 1.82) is 0 Å². The molecule has 0 unspecified atom stereocenters. The second-order valence-electron chi connectivity index (χ2n) is 11.9. The first-order chi connectivity index (χ1) is 21.4. The summed E-state index contributed by atoms with van der Waals surface area (Å²) in [6.45, 7) is 7.24. The molecule has 2 fully saturated rings. The fraction of sp³-hybridized carbons (Fsp3) is 0.515. The Kier molecular flexibility index (Phi) is 9.76. The van der Waals surface area contributed by atoms with E-state index in [2.05, 4.69) is 5.32 Å². The zero-order chi connectivity index (χ0) is 32.4. The summed E-state index contributed by atoms with van der Waals surface area (Å²) in [6.07, 6.45) is 0.360. The van der Waals surface area contributed by atoms with Crippen LogP contribution >= 0.6 is 0 Å². The molecule has 5 rings (SSSR count). The number of pyridine rings is 1. The normalized spacial score (nSPS) is 17.7. The highest BCUT2D eigenvalue weighted by molar-refractivity contribution is 7.91. The highest BCUT2D eigenvalue weighted by atomic mass is 32.2. The van der Waals surface area contributed by atoms with Crippen LogP contribution in [0.25, 0.3) is 22.2 Å². The maximum atomic E-state index is 13.9. The lowest BCUT2D eigenvalue weighted by Gasteiger charge is -2.49. The standard InChI is InChI=1S/C33H41F3N3O5S/c1-4-44-28-20-27-25(19-29(28)45(41,42)5-2)30(32(40)43-3)26(31(38-27)22-10-9-11-23(18-22)33(34,35)36)21-39(16-7-6-8-17-39)24-12-14-37-15-13-24/h9-11,18-20,24,37H,4-8,12-17,21H2,1-3H3/q+1. The number of carbonyl (C=O) groups is 1. The molecular weight excluding hydrogens is 607 g/mol. The average molecular weight is 649 g/mol. The number of piperidine rings is 2. The number of nitrogens with zero attached hydrogens (tertiary/aromatic N) is 2. The molecule has 0 saturated carbocycles. The number of alkyl halides is 3. The van der Waals surface area contributed by atoms with Gasteiger partial charge in [-0.1, -0.05) is 19.1 Å². The van der Waals surface area contributed by atoms with Gasteiger partial charge in [-0.05, 0) is 44.4 Å². The van der Waals surface area contributed by atoms with Gasteiger partial charge in [-0.3, -0.25) is 0 Å². The fourth-order valence-electron chi connectivity index (χ4n) is 7.01. The molecule has 12 heteroatoms. The van der Waals surface area contributed by atoms with Crippen LogP contribution < -0.4 is 10.1 Å². The number of esters is 1. The lowest BCUT2D eigenvalue weighted by molar-refractivity contribution is -0.968. The molecule has 244 valence electrons. The van der Waals surface area contributed by atoms with E-state index >= 15 is 0 Å². The van der Waals surface area contributed by atoms with Gasteiger partial charge in [-0.2, -0.15) is 13.2 Å². The molecule has 8 nitrogen and oxygen atoms in total. The lowest BCUT2D eigenvalue weighted by Crippen LogP contribution is -2.60. The Morgan fingerprint density at radius 3 is 2.40 bits per heavy atom. The van der Waals surface area contributed by atoms with Crippen molar-refractivity contribution in [2.24, 2.45) is 0 Å². The number of aromatic nitrogens is 1. The van der Waals surface area contributed by atoms with E-state index in [0.717, 1.165) is 70.4 Å². The summed E-state index contributed by atoms with van der Waals surface area (Å²) >= 11 is 0. The number of benzene rings is 2. The Morgan fingerprint density at radius 1 is 1.07 bits per heavy atom. The van der Waals surface area contributed by atoms with Gasteiger partial charge in [0.1, 0.15) is 17.2 Å². The van der Waals surface area contributed by atoms with Gasteiger partial charge in [-0.15, -0.1) is 0 Å². The van der Waals surface area contributed by atoms with E-state index in [9.17, 15) is 26.4 Å². The van der Waals surface area contributed by atoms with E-state index < -0.39 is 27.5 Å². The molecular formula is C33H41F3N3O5S+. The van der Waals surface area contributed by atoms with Crippen LogP contribution in [-0.2, 0) is 27.3 Å². The number of fused-ring (bicyclic) bond motifs is 1. The molecule has 2 saturated heterocycles. The largest absolute Gasteiger partial charge is 0.492 e. The Labute approximate surface area is 262 Å². The third kappa shape index (κ3) is 6.69. The van der Waals surface area contributed by atoms with Crippen molar-refractivity contribution in [3.63, 3.8) is 0 Å². The maximum absolute atomic E-state index is 13.9. The Bertz CT molecular complexity index is 1660. The minimum absolute atomic E-state index is 0.0655. The SMILES string of the molecule is CCOc1cc2nc(-c3cccc(C(F)(F)F)c3)c(C[N+]3(C4CCNCC4)CCCCC3)c(C(=O)OC)c2cc1S(=O)(=O)CC. The van der Waals surface area contributed by atoms with Crippen LogP contribution in [0.15, 0.2) is 41.3 Å². The minimum Gasteiger partial charge on any atom is -0.492 e. The number of carbonyl (C=O) groups excluding carboxylic acids is 1. The summed E-state index contributed by atoms with van der Waals surface area (Å²) in [6, 6.07) is 8.15. The number of methoxy groups -OCH3 is 1. The molecule has 0 radical (unpaired) electrons. The summed E-state index contributed by atoms with van der Waals surface area (Å²) in [7, 11) is -2.54.